The van der Waals surface area contributed by atoms with Gasteiger partial charge in [-0.15, -0.1) is 5.10 Å². The van der Waals surface area contributed by atoms with Crippen molar-refractivity contribution in [2.75, 3.05) is 18.9 Å². The van der Waals surface area contributed by atoms with Crippen molar-refractivity contribution in [2.24, 2.45) is 0 Å². The third kappa shape index (κ3) is 3.51. The van der Waals surface area contributed by atoms with Gasteiger partial charge in [-0.3, -0.25) is 4.90 Å². The summed E-state index contributed by atoms with van der Waals surface area (Å²) in [7, 11) is 2.17. The van der Waals surface area contributed by atoms with E-state index in [9.17, 15) is 5.26 Å². The second-order valence-corrected chi connectivity index (χ2v) is 5.79. The summed E-state index contributed by atoms with van der Waals surface area (Å²) in [5.74, 6) is 0.627. The number of anilines is 1. The number of aryl methyl sites for hydroxylation is 1. The fourth-order valence-electron chi connectivity index (χ4n) is 2.65. The first-order chi connectivity index (χ1) is 10.1. The Kier molecular flexibility index (Phi) is 5.13. The first-order valence-electron chi connectivity index (χ1n) is 7.86. The van der Waals surface area contributed by atoms with E-state index in [1.54, 1.807) is 0 Å². The van der Waals surface area contributed by atoms with Gasteiger partial charge in [-0.25, -0.2) is 0 Å². The van der Waals surface area contributed by atoms with Crippen molar-refractivity contribution < 1.29 is 0 Å². The van der Waals surface area contributed by atoms with Gasteiger partial charge in [-0.1, -0.05) is 13.8 Å². The summed E-state index contributed by atoms with van der Waals surface area (Å²) in [6, 6.07) is 3.45. The van der Waals surface area contributed by atoms with Gasteiger partial charge < -0.3 is 5.32 Å². The lowest BCUT2D eigenvalue weighted by atomic mass is 10.0. The quantitative estimate of drug-likeness (QED) is 0.834. The van der Waals surface area contributed by atoms with Crippen molar-refractivity contribution in [3.63, 3.8) is 0 Å². The van der Waals surface area contributed by atoms with Crippen molar-refractivity contribution in [3.8, 4) is 6.07 Å². The number of nitrogens with zero attached hydrogens (tertiary/aromatic N) is 4. The maximum Gasteiger partial charge on any atom is 0.167 e. The standard InChI is InChI=1S/C16H25N5/c1-5-13-14(9-17)16(20-19-15(13)6-2)18-10-11(3)21(4)12-7-8-12/h11-12H,5-8,10H2,1-4H3,(H,18,20). The Morgan fingerprint density at radius 2 is 2.05 bits per heavy atom. The molecule has 1 aromatic heterocycles. The zero-order chi connectivity index (χ0) is 15.4. The van der Waals surface area contributed by atoms with Gasteiger partial charge in [0.15, 0.2) is 5.82 Å². The van der Waals surface area contributed by atoms with Gasteiger partial charge in [0.2, 0.25) is 0 Å². The Morgan fingerprint density at radius 3 is 2.57 bits per heavy atom. The molecule has 1 atom stereocenters. The molecule has 5 heteroatoms. The van der Waals surface area contributed by atoms with Crippen LogP contribution in [0, 0.1) is 11.3 Å². The first kappa shape index (κ1) is 15.7. The highest BCUT2D eigenvalue weighted by molar-refractivity contribution is 5.56. The number of nitriles is 1. The van der Waals surface area contributed by atoms with Gasteiger partial charge in [0, 0.05) is 18.6 Å². The molecule has 1 aliphatic carbocycles. The fraction of sp³-hybridized carbons (Fsp3) is 0.688. The lowest BCUT2D eigenvalue weighted by Crippen LogP contribution is -2.36. The molecule has 1 unspecified atom stereocenters. The molecule has 0 bridgehead atoms. The van der Waals surface area contributed by atoms with Crippen LogP contribution >= 0.6 is 0 Å². The van der Waals surface area contributed by atoms with Crippen LogP contribution in [0.5, 0.6) is 0 Å². The molecule has 0 spiro atoms. The van der Waals surface area contributed by atoms with Crippen LogP contribution in [0.3, 0.4) is 0 Å². The molecular formula is C16H25N5. The zero-order valence-electron chi connectivity index (χ0n) is 13.5. The summed E-state index contributed by atoms with van der Waals surface area (Å²) in [6.07, 6.45) is 4.23. The van der Waals surface area contributed by atoms with E-state index in [0.29, 0.717) is 17.4 Å². The number of hydrogen-bond acceptors (Lipinski definition) is 5. The first-order valence-corrected chi connectivity index (χ1v) is 7.86. The van der Waals surface area contributed by atoms with E-state index in [0.717, 1.165) is 36.7 Å². The Balaban J connectivity index is 2.10. The molecule has 0 amide bonds. The van der Waals surface area contributed by atoms with Crippen LogP contribution in [0.25, 0.3) is 0 Å². The van der Waals surface area contributed by atoms with E-state index in [1.807, 2.05) is 6.92 Å². The second kappa shape index (κ2) is 6.86. The lowest BCUT2D eigenvalue weighted by molar-refractivity contribution is 0.257. The Morgan fingerprint density at radius 1 is 1.33 bits per heavy atom. The van der Waals surface area contributed by atoms with Crippen molar-refractivity contribution in [1.29, 1.82) is 5.26 Å². The monoisotopic (exact) mass is 287 g/mol. The second-order valence-electron chi connectivity index (χ2n) is 5.79. The molecule has 0 aromatic carbocycles. The zero-order valence-corrected chi connectivity index (χ0v) is 13.5. The average Bonchev–Trinajstić information content (AvgIpc) is 3.35. The predicted octanol–water partition coefficient (Wildman–Crippen LogP) is 2.37. The number of likely N-dealkylation sites (N-methyl/N-ethyl adjacent to an activating group) is 1. The van der Waals surface area contributed by atoms with E-state index in [2.05, 4.69) is 47.4 Å². The Labute approximate surface area is 127 Å². The number of nitrogens with one attached hydrogen (secondary N) is 1. The van der Waals surface area contributed by atoms with Crippen molar-refractivity contribution in [2.45, 2.75) is 58.5 Å². The molecule has 1 N–H and O–H groups in total. The molecule has 1 aromatic rings. The third-order valence-corrected chi connectivity index (χ3v) is 4.34. The molecule has 0 radical (unpaired) electrons. The number of rotatable bonds is 7. The van der Waals surface area contributed by atoms with Gasteiger partial charge in [0.1, 0.15) is 11.6 Å². The maximum absolute atomic E-state index is 9.45. The summed E-state index contributed by atoms with van der Waals surface area (Å²) in [4.78, 5) is 2.40. The van der Waals surface area contributed by atoms with E-state index in [-0.39, 0.29) is 0 Å². The highest BCUT2D eigenvalue weighted by atomic mass is 15.2. The van der Waals surface area contributed by atoms with Gasteiger partial charge in [-0.2, -0.15) is 10.4 Å². The van der Waals surface area contributed by atoms with Crippen molar-refractivity contribution >= 4 is 5.82 Å². The highest BCUT2D eigenvalue weighted by Gasteiger charge is 2.29. The average molecular weight is 287 g/mol. The molecular weight excluding hydrogens is 262 g/mol. The van der Waals surface area contributed by atoms with Crippen molar-refractivity contribution in [1.82, 2.24) is 15.1 Å². The molecule has 1 heterocycles. The largest absolute Gasteiger partial charge is 0.366 e. The SMILES string of the molecule is CCc1nnc(NCC(C)N(C)C2CC2)c(C#N)c1CC. The van der Waals surface area contributed by atoms with Crippen LogP contribution in [0.1, 0.15) is 50.4 Å². The fourth-order valence-corrected chi connectivity index (χ4v) is 2.65. The van der Waals surface area contributed by atoms with Crippen LogP contribution < -0.4 is 5.32 Å². The van der Waals surface area contributed by atoms with Gasteiger partial charge in [-0.05, 0) is 45.2 Å². The molecule has 1 aliphatic rings. The summed E-state index contributed by atoms with van der Waals surface area (Å²) in [5.41, 5.74) is 2.62. The van der Waals surface area contributed by atoms with Gasteiger partial charge in [0.25, 0.3) is 0 Å². The summed E-state index contributed by atoms with van der Waals surface area (Å²) in [6.45, 7) is 7.09. The van der Waals surface area contributed by atoms with E-state index in [1.165, 1.54) is 12.8 Å². The lowest BCUT2D eigenvalue weighted by Gasteiger charge is -2.25. The maximum atomic E-state index is 9.45. The molecule has 1 saturated carbocycles. The van der Waals surface area contributed by atoms with Crippen LogP contribution in [0.4, 0.5) is 5.82 Å². The van der Waals surface area contributed by atoms with Gasteiger partial charge >= 0.3 is 0 Å². The smallest absolute Gasteiger partial charge is 0.167 e. The van der Waals surface area contributed by atoms with E-state index >= 15 is 0 Å². The van der Waals surface area contributed by atoms with E-state index < -0.39 is 0 Å². The molecule has 21 heavy (non-hydrogen) atoms. The normalized spacial score (nSPS) is 15.8. The minimum atomic E-state index is 0.418. The topological polar surface area (TPSA) is 64.8 Å². The molecule has 114 valence electrons. The summed E-state index contributed by atoms with van der Waals surface area (Å²) in [5, 5.41) is 21.3. The molecule has 5 nitrogen and oxygen atoms in total. The van der Waals surface area contributed by atoms with Crippen molar-refractivity contribution in [3.05, 3.63) is 16.8 Å². The minimum Gasteiger partial charge on any atom is -0.366 e. The van der Waals surface area contributed by atoms with Gasteiger partial charge in [0.05, 0.1) is 5.69 Å². The summed E-state index contributed by atoms with van der Waals surface area (Å²) >= 11 is 0. The van der Waals surface area contributed by atoms with Crippen LogP contribution in [-0.4, -0.2) is 40.8 Å². The Hall–Kier alpha value is -1.67. The van der Waals surface area contributed by atoms with Crippen LogP contribution in [0.2, 0.25) is 0 Å². The molecule has 2 rings (SSSR count). The molecule has 0 saturated heterocycles. The van der Waals surface area contributed by atoms with Crippen LogP contribution in [0.15, 0.2) is 0 Å². The molecule has 0 aliphatic heterocycles. The van der Waals surface area contributed by atoms with Crippen LogP contribution in [-0.2, 0) is 12.8 Å². The Bertz CT molecular complexity index is 530. The number of aromatic nitrogens is 2. The third-order valence-electron chi connectivity index (χ3n) is 4.34. The summed E-state index contributed by atoms with van der Waals surface area (Å²) < 4.78 is 0. The molecule has 1 fully saturated rings. The number of hydrogen-bond donors (Lipinski definition) is 1. The van der Waals surface area contributed by atoms with E-state index in [4.69, 9.17) is 0 Å². The minimum absolute atomic E-state index is 0.418. The highest BCUT2D eigenvalue weighted by Crippen LogP contribution is 2.27. The predicted molar refractivity (Wildman–Crippen MR) is 84.2 cm³/mol.